The number of benzene rings is 1. The number of hydrogen-bond donors (Lipinski definition) is 4. The average Bonchev–Trinajstić information content (AvgIpc) is 2.87. The largest absolute Gasteiger partial charge is 0.481 e. The molecule has 0 radical (unpaired) electrons. The Kier molecular flexibility index (Phi) is 8.27. The van der Waals surface area contributed by atoms with E-state index in [0.29, 0.717) is 23.0 Å². The van der Waals surface area contributed by atoms with Gasteiger partial charge in [-0.2, -0.15) is 0 Å². The summed E-state index contributed by atoms with van der Waals surface area (Å²) in [6.45, 7) is 0. The van der Waals surface area contributed by atoms with Gasteiger partial charge in [-0.15, -0.1) is 11.8 Å². The number of carbonyl (C=O) groups excluding carboxylic acids is 1. The minimum atomic E-state index is -1.12. The van der Waals surface area contributed by atoms with Gasteiger partial charge in [0.15, 0.2) is 0 Å². The normalized spacial score (nSPS) is 16.2. The molecular formula is C26H30N4O5S. The van der Waals surface area contributed by atoms with E-state index in [1.807, 2.05) is 24.4 Å². The SMILES string of the molecule is COc1ccc2nccc(CCC3(O)CCCCC3)c2n1.O=C(O)Nc1ccc2c(c1)NC(=O)CS2. The van der Waals surface area contributed by atoms with Crippen LogP contribution in [-0.2, 0) is 11.2 Å². The first-order chi connectivity index (χ1) is 17.3. The molecule has 2 aromatic heterocycles. The van der Waals surface area contributed by atoms with Crippen molar-refractivity contribution in [3.05, 3.63) is 48.2 Å². The smallest absolute Gasteiger partial charge is 0.409 e. The highest BCUT2D eigenvalue weighted by atomic mass is 32.2. The van der Waals surface area contributed by atoms with Crippen molar-refractivity contribution in [3.8, 4) is 5.88 Å². The van der Waals surface area contributed by atoms with Crippen LogP contribution in [0.15, 0.2) is 47.5 Å². The van der Waals surface area contributed by atoms with Crippen molar-refractivity contribution in [1.82, 2.24) is 9.97 Å². The summed E-state index contributed by atoms with van der Waals surface area (Å²) in [5.41, 5.74) is 3.51. The van der Waals surface area contributed by atoms with Gasteiger partial charge in [0.1, 0.15) is 0 Å². The van der Waals surface area contributed by atoms with Crippen LogP contribution in [-0.4, -0.2) is 50.6 Å². The van der Waals surface area contributed by atoms with Crippen molar-refractivity contribution >= 4 is 46.2 Å². The third kappa shape index (κ3) is 6.64. The summed E-state index contributed by atoms with van der Waals surface area (Å²) in [5.74, 6) is 0.937. The van der Waals surface area contributed by atoms with Gasteiger partial charge in [-0.1, -0.05) is 19.3 Å². The number of hydrogen-bond acceptors (Lipinski definition) is 7. The number of ether oxygens (including phenoxy) is 1. The molecule has 0 saturated heterocycles. The van der Waals surface area contributed by atoms with E-state index in [4.69, 9.17) is 9.84 Å². The Labute approximate surface area is 213 Å². The van der Waals surface area contributed by atoms with Crippen LogP contribution in [0, 0.1) is 0 Å². The fraction of sp³-hybridized carbons (Fsp3) is 0.385. The van der Waals surface area contributed by atoms with Crippen LogP contribution >= 0.6 is 11.8 Å². The van der Waals surface area contributed by atoms with Gasteiger partial charge in [-0.25, -0.2) is 9.78 Å². The van der Waals surface area contributed by atoms with Crippen LogP contribution in [0.25, 0.3) is 11.0 Å². The number of aromatic nitrogens is 2. The molecule has 5 rings (SSSR count). The third-order valence-electron chi connectivity index (χ3n) is 6.36. The second-order valence-corrected chi connectivity index (χ2v) is 9.97. The molecule has 1 aliphatic carbocycles. The minimum absolute atomic E-state index is 0.0695. The van der Waals surface area contributed by atoms with E-state index < -0.39 is 11.7 Å². The Morgan fingerprint density at radius 2 is 2.00 bits per heavy atom. The lowest BCUT2D eigenvalue weighted by atomic mass is 9.81. The molecular weight excluding hydrogens is 480 g/mol. The van der Waals surface area contributed by atoms with E-state index in [1.165, 1.54) is 18.2 Å². The zero-order valence-electron chi connectivity index (χ0n) is 20.1. The number of carbonyl (C=O) groups is 2. The molecule has 0 spiro atoms. The summed E-state index contributed by atoms with van der Waals surface area (Å²) < 4.78 is 5.20. The highest BCUT2D eigenvalue weighted by Crippen LogP contribution is 2.34. The van der Waals surface area contributed by atoms with E-state index in [9.17, 15) is 14.7 Å². The molecule has 1 saturated carbocycles. The van der Waals surface area contributed by atoms with Crippen molar-refractivity contribution in [2.45, 2.75) is 55.4 Å². The molecule has 9 nitrogen and oxygen atoms in total. The molecule has 3 aromatic rings. The monoisotopic (exact) mass is 510 g/mol. The second kappa shape index (κ2) is 11.6. The highest BCUT2D eigenvalue weighted by molar-refractivity contribution is 8.00. The summed E-state index contributed by atoms with van der Waals surface area (Å²) in [4.78, 5) is 31.3. The highest BCUT2D eigenvalue weighted by Gasteiger charge is 2.28. The first-order valence-corrected chi connectivity index (χ1v) is 12.9. The van der Waals surface area contributed by atoms with Crippen LogP contribution in [0.3, 0.4) is 0 Å². The molecule has 2 amide bonds. The molecule has 0 bridgehead atoms. The maximum absolute atomic E-state index is 11.1. The number of pyridine rings is 2. The Morgan fingerprint density at radius 3 is 2.75 bits per heavy atom. The third-order valence-corrected chi connectivity index (χ3v) is 7.43. The first-order valence-electron chi connectivity index (χ1n) is 11.9. The van der Waals surface area contributed by atoms with Gasteiger partial charge >= 0.3 is 6.09 Å². The second-order valence-electron chi connectivity index (χ2n) is 8.95. The van der Waals surface area contributed by atoms with E-state index in [0.717, 1.165) is 60.0 Å². The fourth-order valence-corrected chi connectivity index (χ4v) is 5.28. The van der Waals surface area contributed by atoms with Crippen molar-refractivity contribution in [2.24, 2.45) is 0 Å². The molecule has 1 fully saturated rings. The standard InChI is InChI=1S/C17H22N2O2.C9H8N2O3S/c1-21-15-6-5-14-16(19-15)13(8-12-18-14)7-11-17(20)9-3-2-4-10-17;12-8-4-15-7-2-1-5(10-9(13)14)3-6(7)11-8/h5-6,8,12,20H,2-4,7,9-11H2,1H3;1-3,10H,4H2,(H,11,12)(H,13,14). The van der Waals surface area contributed by atoms with Crippen LogP contribution in [0.2, 0.25) is 0 Å². The number of nitrogens with one attached hydrogen (secondary N) is 2. The lowest BCUT2D eigenvalue weighted by Gasteiger charge is -2.32. The predicted octanol–water partition coefficient (Wildman–Crippen LogP) is 5.09. The fourth-order valence-electron chi connectivity index (χ4n) is 4.49. The average molecular weight is 511 g/mol. The van der Waals surface area contributed by atoms with E-state index in [-0.39, 0.29) is 5.91 Å². The van der Waals surface area contributed by atoms with Gasteiger partial charge in [0, 0.05) is 22.8 Å². The lowest BCUT2D eigenvalue weighted by Crippen LogP contribution is -2.31. The summed E-state index contributed by atoms with van der Waals surface area (Å²) in [6.07, 6.45) is 7.69. The van der Waals surface area contributed by atoms with Crippen molar-refractivity contribution in [3.63, 3.8) is 0 Å². The predicted molar refractivity (Wildman–Crippen MR) is 140 cm³/mol. The molecule has 1 aromatic carbocycles. The summed E-state index contributed by atoms with van der Waals surface area (Å²) >= 11 is 1.44. The minimum Gasteiger partial charge on any atom is -0.481 e. The van der Waals surface area contributed by atoms with Crippen LogP contribution < -0.4 is 15.4 Å². The quantitative estimate of drug-likeness (QED) is 0.373. The Hall–Kier alpha value is -3.37. The molecule has 36 heavy (non-hydrogen) atoms. The topological polar surface area (TPSA) is 134 Å². The molecule has 3 heterocycles. The molecule has 10 heteroatoms. The number of anilines is 2. The lowest BCUT2D eigenvalue weighted by molar-refractivity contribution is -0.113. The Balaban J connectivity index is 0.000000179. The van der Waals surface area contributed by atoms with Crippen molar-refractivity contribution in [2.75, 3.05) is 23.5 Å². The van der Waals surface area contributed by atoms with E-state index in [1.54, 1.807) is 25.3 Å². The van der Waals surface area contributed by atoms with Gasteiger partial charge in [0.2, 0.25) is 11.8 Å². The molecule has 4 N–H and O–H groups in total. The van der Waals surface area contributed by atoms with Crippen LogP contribution in [0.4, 0.5) is 16.2 Å². The number of rotatable bonds is 5. The molecule has 2 aliphatic rings. The molecule has 0 atom stereocenters. The number of methoxy groups -OCH3 is 1. The number of thioether (sulfide) groups is 1. The molecule has 0 unspecified atom stereocenters. The van der Waals surface area contributed by atoms with Gasteiger partial charge in [-0.05, 0) is 61.6 Å². The van der Waals surface area contributed by atoms with Gasteiger partial charge < -0.3 is 20.3 Å². The number of carboxylic acid groups (broad SMARTS) is 1. The first kappa shape index (κ1) is 25.7. The van der Waals surface area contributed by atoms with Gasteiger partial charge in [0.25, 0.3) is 0 Å². The van der Waals surface area contributed by atoms with Gasteiger partial charge in [0.05, 0.1) is 35.2 Å². The number of aryl methyl sites for hydroxylation is 1. The number of aliphatic hydroxyl groups is 1. The van der Waals surface area contributed by atoms with Crippen LogP contribution in [0.1, 0.15) is 44.1 Å². The van der Waals surface area contributed by atoms with Crippen molar-refractivity contribution in [1.29, 1.82) is 0 Å². The Morgan fingerprint density at radius 1 is 1.19 bits per heavy atom. The summed E-state index contributed by atoms with van der Waals surface area (Å²) in [6, 6.07) is 10.8. The maximum atomic E-state index is 11.1. The summed E-state index contributed by atoms with van der Waals surface area (Å²) in [7, 11) is 1.62. The summed E-state index contributed by atoms with van der Waals surface area (Å²) in [5, 5.41) is 24.1. The van der Waals surface area contributed by atoms with E-state index in [2.05, 4.69) is 20.6 Å². The number of nitrogens with zero attached hydrogens (tertiary/aromatic N) is 2. The Bertz CT molecular complexity index is 1250. The van der Waals surface area contributed by atoms with Crippen LogP contribution in [0.5, 0.6) is 5.88 Å². The number of amides is 2. The molecule has 190 valence electrons. The van der Waals surface area contributed by atoms with Crippen molar-refractivity contribution < 1.29 is 24.5 Å². The van der Waals surface area contributed by atoms with Gasteiger partial charge in [-0.3, -0.25) is 15.1 Å². The zero-order chi connectivity index (χ0) is 25.5. The zero-order valence-corrected chi connectivity index (χ0v) is 20.9. The van der Waals surface area contributed by atoms with E-state index >= 15 is 0 Å². The molecule has 1 aliphatic heterocycles. The maximum Gasteiger partial charge on any atom is 0.409 e. The number of fused-ring (bicyclic) bond motifs is 2.